The van der Waals surface area contributed by atoms with E-state index in [4.69, 9.17) is 14.5 Å². The summed E-state index contributed by atoms with van der Waals surface area (Å²) in [4.78, 5) is 43.7. The second-order valence-corrected chi connectivity index (χ2v) is 9.18. The molecule has 2 aromatic rings. The van der Waals surface area contributed by atoms with Gasteiger partial charge in [-0.15, -0.1) is 0 Å². The maximum atomic E-state index is 12.7. The van der Waals surface area contributed by atoms with Gasteiger partial charge in [0.1, 0.15) is 18.5 Å². The van der Waals surface area contributed by atoms with Crippen LogP contribution >= 0.6 is 0 Å². The number of nitrogens with one attached hydrogen (secondary N) is 2. The normalized spacial score (nSPS) is 17.3. The van der Waals surface area contributed by atoms with Crippen molar-refractivity contribution in [3.05, 3.63) is 59.3 Å². The molecule has 1 aromatic carbocycles. The Bertz CT molecular complexity index is 1060. The summed E-state index contributed by atoms with van der Waals surface area (Å²) < 4.78 is 10.3. The third-order valence-electron chi connectivity index (χ3n) is 6.52. The third-order valence-corrected chi connectivity index (χ3v) is 6.52. The summed E-state index contributed by atoms with van der Waals surface area (Å²) in [6.07, 6.45) is 3.91. The molecule has 9 nitrogen and oxygen atoms in total. The van der Waals surface area contributed by atoms with Gasteiger partial charge >= 0.3 is 12.1 Å². The third kappa shape index (κ3) is 6.74. The lowest BCUT2D eigenvalue weighted by Gasteiger charge is -2.40. The Hall–Kier alpha value is -3.62. The van der Waals surface area contributed by atoms with Gasteiger partial charge in [-0.3, -0.25) is 4.79 Å². The largest absolute Gasteiger partial charge is 0.464 e. The number of aromatic nitrogens is 1. The van der Waals surface area contributed by atoms with E-state index in [9.17, 15) is 14.4 Å². The number of hydrogen-bond acceptors (Lipinski definition) is 7. The first-order valence-corrected chi connectivity index (χ1v) is 12.7. The molecule has 192 valence electrons. The van der Waals surface area contributed by atoms with Crippen LogP contribution in [-0.4, -0.2) is 60.1 Å². The number of carbonyl (C=O) groups excluding carboxylic acids is 3. The second-order valence-electron chi connectivity index (χ2n) is 9.18. The summed E-state index contributed by atoms with van der Waals surface area (Å²) in [5.41, 5.74) is 3.14. The minimum Gasteiger partial charge on any atom is -0.464 e. The topological polar surface area (TPSA) is 110 Å². The van der Waals surface area contributed by atoms with Crippen LogP contribution in [0.4, 0.5) is 10.6 Å². The summed E-state index contributed by atoms with van der Waals surface area (Å²) in [6.45, 7) is 3.53. The number of alkyl carbamates (subject to hydrolysis) is 1. The molecule has 2 aliphatic heterocycles. The fraction of sp³-hybridized carbons (Fsp3) is 0.481. The predicted molar refractivity (Wildman–Crippen MR) is 134 cm³/mol. The molecule has 4 rings (SSSR count). The summed E-state index contributed by atoms with van der Waals surface area (Å²) in [5, 5.41) is 5.91. The van der Waals surface area contributed by atoms with Crippen LogP contribution in [0.2, 0.25) is 0 Å². The number of pyridine rings is 1. The molecule has 3 heterocycles. The number of benzene rings is 1. The zero-order valence-corrected chi connectivity index (χ0v) is 20.7. The number of amides is 2. The maximum Gasteiger partial charge on any atom is 0.408 e. The molecule has 36 heavy (non-hydrogen) atoms. The van der Waals surface area contributed by atoms with Crippen molar-refractivity contribution in [1.82, 2.24) is 15.2 Å². The van der Waals surface area contributed by atoms with Gasteiger partial charge in [-0.1, -0.05) is 36.4 Å². The second kappa shape index (κ2) is 12.4. The molecule has 9 heteroatoms. The number of rotatable bonds is 11. The molecule has 0 spiro atoms. The van der Waals surface area contributed by atoms with Crippen molar-refractivity contribution in [3.8, 4) is 0 Å². The molecule has 1 unspecified atom stereocenters. The SMILES string of the molecule is CCOC(=O)[C@H](CN1CC(CCCc2ccc3c(n2)NCCC3)C1=O)NC(=O)OCc1ccccc1. The van der Waals surface area contributed by atoms with Gasteiger partial charge in [0.05, 0.1) is 19.1 Å². The number of nitrogens with zero attached hydrogens (tertiary/aromatic N) is 2. The number of β-lactam (4-membered cyclic amide) rings is 1. The number of fused-ring (bicyclic) bond motifs is 1. The average Bonchev–Trinajstić information content (AvgIpc) is 2.90. The van der Waals surface area contributed by atoms with Gasteiger partial charge in [-0.05, 0) is 56.2 Å². The predicted octanol–water partition coefficient (Wildman–Crippen LogP) is 3.08. The molecule has 2 N–H and O–H groups in total. The van der Waals surface area contributed by atoms with Gasteiger partial charge < -0.3 is 25.0 Å². The minimum atomic E-state index is -0.981. The van der Waals surface area contributed by atoms with Crippen molar-refractivity contribution in [1.29, 1.82) is 0 Å². The molecule has 0 aliphatic carbocycles. The highest BCUT2D eigenvalue weighted by Crippen LogP contribution is 2.25. The first-order chi connectivity index (χ1) is 17.5. The Morgan fingerprint density at radius 2 is 2.03 bits per heavy atom. The Balaban J connectivity index is 1.22. The lowest BCUT2D eigenvalue weighted by molar-refractivity contribution is -0.152. The number of likely N-dealkylation sites (tertiary alicyclic amines) is 1. The van der Waals surface area contributed by atoms with Crippen molar-refractivity contribution in [3.63, 3.8) is 0 Å². The van der Waals surface area contributed by atoms with E-state index in [0.717, 1.165) is 55.7 Å². The molecule has 1 fully saturated rings. The van der Waals surface area contributed by atoms with E-state index in [1.54, 1.807) is 11.8 Å². The number of esters is 1. The summed E-state index contributed by atoms with van der Waals surface area (Å²) in [6, 6.07) is 12.5. The van der Waals surface area contributed by atoms with E-state index in [1.165, 1.54) is 5.56 Å². The van der Waals surface area contributed by atoms with Crippen molar-refractivity contribution < 1.29 is 23.9 Å². The van der Waals surface area contributed by atoms with E-state index in [-0.39, 0.29) is 31.6 Å². The van der Waals surface area contributed by atoms with Crippen LogP contribution in [0.1, 0.15) is 43.0 Å². The average molecular weight is 495 g/mol. The summed E-state index contributed by atoms with van der Waals surface area (Å²) in [7, 11) is 0. The van der Waals surface area contributed by atoms with Gasteiger partial charge in [0, 0.05) is 18.8 Å². The number of hydrogen-bond donors (Lipinski definition) is 2. The van der Waals surface area contributed by atoms with Crippen molar-refractivity contribution in [2.45, 2.75) is 51.7 Å². The van der Waals surface area contributed by atoms with Crippen molar-refractivity contribution >= 4 is 23.8 Å². The van der Waals surface area contributed by atoms with E-state index in [0.29, 0.717) is 6.54 Å². The van der Waals surface area contributed by atoms with Gasteiger partial charge in [0.25, 0.3) is 0 Å². The quantitative estimate of drug-likeness (QED) is 0.365. The molecule has 0 saturated carbocycles. The number of ether oxygens (including phenoxy) is 2. The molecule has 1 aromatic heterocycles. The summed E-state index contributed by atoms with van der Waals surface area (Å²) in [5.74, 6) is 0.319. The number of carbonyl (C=O) groups is 3. The highest BCUT2D eigenvalue weighted by Gasteiger charge is 2.39. The van der Waals surface area contributed by atoms with Crippen LogP contribution in [0.3, 0.4) is 0 Å². The molecular weight excluding hydrogens is 460 g/mol. The molecular formula is C27H34N4O5. The monoisotopic (exact) mass is 494 g/mol. The van der Waals surface area contributed by atoms with Crippen LogP contribution < -0.4 is 10.6 Å². The van der Waals surface area contributed by atoms with Crippen molar-refractivity contribution in [2.75, 3.05) is 31.6 Å². The summed E-state index contributed by atoms with van der Waals surface area (Å²) >= 11 is 0. The van der Waals surface area contributed by atoms with Gasteiger partial charge in [0.2, 0.25) is 5.91 Å². The standard InChI is InChI=1S/C27H34N4O5/c1-2-35-26(33)23(30-27(34)36-18-19-8-4-3-5-9-19)17-31-16-21(25(31)32)10-6-12-22-14-13-20-11-7-15-28-24(20)29-22/h3-5,8-9,13-14,21,23H,2,6-7,10-12,15-18H2,1H3,(H,28,29)(H,30,34)/t21?,23-/m0/s1. The van der Waals surface area contributed by atoms with Crippen LogP contribution in [-0.2, 0) is 38.5 Å². The van der Waals surface area contributed by atoms with Gasteiger partial charge in [0.15, 0.2) is 0 Å². The highest BCUT2D eigenvalue weighted by atomic mass is 16.6. The van der Waals surface area contributed by atoms with Crippen LogP contribution in [0, 0.1) is 5.92 Å². The first kappa shape index (κ1) is 25.5. The van der Waals surface area contributed by atoms with E-state index < -0.39 is 18.1 Å². The Labute approximate surface area is 211 Å². The lowest BCUT2D eigenvalue weighted by Crippen LogP contribution is -2.59. The molecule has 0 radical (unpaired) electrons. The minimum absolute atomic E-state index is 0.0104. The smallest absolute Gasteiger partial charge is 0.408 e. The van der Waals surface area contributed by atoms with E-state index in [1.807, 2.05) is 30.3 Å². The highest BCUT2D eigenvalue weighted by molar-refractivity contribution is 5.87. The molecule has 2 amide bonds. The molecule has 0 bridgehead atoms. The molecule has 2 aliphatic rings. The van der Waals surface area contributed by atoms with Crippen LogP contribution in [0.25, 0.3) is 0 Å². The van der Waals surface area contributed by atoms with Gasteiger partial charge in [-0.25, -0.2) is 14.6 Å². The first-order valence-electron chi connectivity index (χ1n) is 12.7. The van der Waals surface area contributed by atoms with Crippen molar-refractivity contribution in [2.24, 2.45) is 5.92 Å². The fourth-order valence-electron chi connectivity index (χ4n) is 4.55. The number of aryl methyl sites for hydroxylation is 2. The molecule has 1 saturated heterocycles. The lowest BCUT2D eigenvalue weighted by atomic mass is 9.91. The maximum absolute atomic E-state index is 12.7. The van der Waals surface area contributed by atoms with Gasteiger partial charge in [-0.2, -0.15) is 0 Å². The Kier molecular flexibility index (Phi) is 8.76. The zero-order chi connectivity index (χ0) is 25.3. The van der Waals surface area contributed by atoms with E-state index >= 15 is 0 Å². The molecule has 2 atom stereocenters. The Morgan fingerprint density at radius 1 is 1.19 bits per heavy atom. The number of anilines is 1. The Morgan fingerprint density at radius 3 is 2.81 bits per heavy atom. The zero-order valence-electron chi connectivity index (χ0n) is 20.7. The fourth-order valence-corrected chi connectivity index (χ4v) is 4.55. The van der Waals surface area contributed by atoms with Crippen LogP contribution in [0.5, 0.6) is 0 Å². The van der Waals surface area contributed by atoms with Crippen LogP contribution in [0.15, 0.2) is 42.5 Å². The van der Waals surface area contributed by atoms with E-state index in [2.05, 4.69) is 22.8 Å².